The van der Waals surface area contributed by atoms with Crippen LogP contribution in [-0.4, -0.2) is 11.2 Å². The first-order valence-corrected chi connectivity index (χ1v) is 9.13. The number of rotatable bonds is 2. The predicted molar refractivity (Wildman–Crippen MR) is 101 cm³/mol. The number of hydrogen-bond donors (Lipinski definition) is 0. The summed E-state index contributed by atoms with van der Waals surface area (Å²) in [5, 5.41) is 0. The topological polar surface area (TPSA) is 37.6 Å². The van der Waals surface area contributed by atoms with Gasteiger partial charge in [-0.05, 0) is 29.8 Å². The molecule has 0 bridgehead atoms. The molecule has 0 aliphatic carbocycles. The monoisotopic (exact) mass is 399 g/mol. The van der Waals surface area contributed by atoms with Crippen LogP contribution in [0.2, 0.25) is 0 Å². The molecule has 0 atom stereocenters. The lowest BCUT2D eigenvalue weighted by atomic mass is 10.2. The minimum Gasteiger partial charge on any atom is -0.334 e. The van der Waals surface area contributed by atoms with E-state index >= 15 is 0 Å². The Morgan fingerprint density at radius 1 is 1.12 bits per heavy atom. The highest BCUT2D eigenvalue weighted by Crippen LogP contribution is 2.20. The molecule has 0 fully saturated rings. The molecule has 0 spiro atoms. The van der Waals surface area contributed by atoms with Crippen LogP contribution in [0.3, 0.4) is 0 Å². The van der Waals surface area contributed by atoms with Crippen molar-refractivity contribution in [2.45, 2.75) is 6.67 Å². The van der Waals surface area contributed by atoms with E-state index in [1.54, 1.807) is 4.57 Å². The smallest absolute Gasteiger partial charge is 0.271 e. The van der Waals surface area contributed by atoms with E-state index in [4.69, 9.17) is 0 Å². The predicted octanol–water partition coefficient (Wildman–Crippen LogP) is 2.56. The molecule has 1 aliphatic heterocycles. The van der Waals surface area contributed by atoms with Crippen LogP contribution < -0.4 is 19.8 Å². The van der Waals surface area contributed by atoms with E-state index in [1.807, 2.05) is 60.7 Å². The molecule has 120 valence electrons. The van der Waals surface area contributed by atoms with Crippen molar-refractivity contribution in [2.24, 2.45) is 4.99 Å². The fourth-order valence-electron chi connectivity index (χ4n) is 2.65. The van der Waals surface area contributed by atoms with E-state index in [2.05, 4.69) is 25.8 Å². The van der Waals surface area contributed by atoms with Gasteiger partial charge in [0.1, 0.15) is 13.3 Å². The van der Waals surface area contributed by atoms with Gasteiger partial charge in [0.15, 0.2) is 4.80 Å². The van der Waals surface area contributed by atoms with Crippen molar-refractivity contribution < 1.29 is 0 Å². The summed E-state index contributed by atoms with van der Waals surface area (Å²) in [7, 11) is 0. The zero-order valence-corrected chi connectivity index (χ0v) is 15.1. The zero-order chi connectivity index (χ0) is 16.5. The normalized spacial score (nSPS) is 14.4. The summed E-state index contributed by atoms with van der Waals surface area (Å²) in [6, 6.07) is 17.9. The molecule has 0 saturated heterocycles. The lowest BCUT2D eigenvalue weighted by Crippen LogP contribution is -2.42. The number of anilines is 1. The number of fused-ring (bicyclic) bond motifs is 1. The van der Waals surface area contributed by atoms with Crippen molar-refractivity contribution in [3.8, 4) is 0 Å². The van der Waals surface area contributed by atoms with Crippen LogP contribution in [-0.2, 0) is 6.67 Å². The van der Waals surface area contributed by atoms with Crippen molar-refractivity contribution in [2.75, 3.05) is 11.6 Å². The minimum absolute atomic E-state index is 0.0160. The highest BCUT2D eigenvalue weighted by atomic mass is 79.9. The zero-order valence-electron chi connectivity index (χ0n) is 12.7. The number of nitrogens with zero attached hydrogens (tertiary/aromatic N) is 3. The van der Waals surface area contributed by atoms with Gasteiger partial charge in [0.2, 0.25) is 0 Å². The summed E-state index contributed by atoms with van der Waals surface area (Å²) in [5.74, 6) is 0. The lowest BCUT2D eigenvalue weighted by Gasteiger charge is -2.25. The average Bonchev–Trinajstić information content (AvgIpc) is 2.91. The highest BCUT2D eigenvalue weighted by molar-refractivity contribution is 9.10. The third-order valence-corrected chi connectivity index (χ3v) is 5.39. The lowest BCUT2D eigenvalue weighted by molar-refractivity contribution is 0.569. The molecule has 1 aromatic heterocycles. The van der Waals surface area contributed by atoms with E-state index in [-0.39, 0.29) is 5.56 Å². The molecular formula is C18H14BrN3OS. The summed E-state index contributed by atoms with van der Waals surface area (Å²) in [4.78, 5) is 20.2. The third-order valence-electron chi connectivity index (χ3n) is 3.85. The van der Waals surface area contributed by atoms with Crippen molar-refractivity contribution in [1.29, 1.82) is 0 Å². The Bertz CT molecular complexity index is 1060. The standard InChI is InChI=1S/C18H14BrN3OS/c19-14-7-4-8-15(10-14)21-11-20-18-22(12-21)17(23)16(24-18)9-13-5-2-1-3-6-13/h1-10H,11-12H2/b16-9-. The molecule has 24 heavy (non-hydrogen) atoms. The van der Waals surface area contributed by atoms with E-state index in [0.29, 0.717) is 13.3 Å². The number of benzene rings is 2. The summed E-state index contributed by atoms with van der Waals surface area (Å²) in [6.45, 7) is 1.08. The molecule has 2 heterocycles. The SMILES string of the molecule is O=c1/c(=C/c2ccccc2)sc2n1CN(c1cccc(Br)c1)CN=2. The van der Waals surface area contributed by atoms with E-state index in [9.17, 15) is 4.79 Å². The fourth-order valence-corrected chi connectivity index (χ4v) is 4.00. The second kappa shape index (κ2) is 6.37. The van der Waals surface area contributed by atoms with Crippen LogP contribution in [0.15, 0.2) is 68.9 Å². The summed E-state index contributed by atoms with van der Waals surface area (Å²) < 4.78 is 3.47. The first kappa shape index (κ1) is 15.4. The van der Waals surface area contributed by atoms with Gasteiger partial charge < -0.3 is 4.90 Å². The van der Waals surface area contributed by atoms with Crippen LogP contribution in [0, 0.1) is 0 Å². The van der Waals surface area contributed by atoms with Crippen LogP contribution in [0.25, 0.3) is 6.08 Å². The maximum absolute atomic E-state index is 12.7. The Hall–Kier alpha value is -2.18. The molecule has 4 nitrogen and oxygen atoms in total. The Labute approximate surface area is 151 Å². The summed E-state index contributed by atoms with van der Waals surface area (Å²) >= 11 is 4.94. The molecular weight excluding hydrogens is 386 g/mol. The van der Waals surface area contributed by atoms with Gasteiger partial charge in [0, 0.05) is 10.2 Å². The Morgan fingerprint density at radius 3 is 2.75 bits per heavy atom. The second-order valence-corrected chi connectivity index (χ2v) is 7.42. The van der Waals surface area contributed by atoms with Gasteiger partial charge in [-0.1, -0.05) is 63.7 Å². The van der Waals surface area contributed by atoms with Gasteiger partial charge in [0.25, 0.3) is 5.56 Å². The summed E-state index contributed by atoms with van der Waals surface area (Å²) in [5.41, 5.74) is 2.09. The van der Waals surface area contributed by atoms with Gasteiger partial charge in [0.05, 0.1) is 4.53 Å². The van der Waals surface area contributed by atoms with Crippen LogP contribution >= 0.6 is 27.3 Å². The molecule has 6 heteroatoms. The number of hydrogen-bond acceptors (Lipinski definition) is 4. The highest BCUT2D eigenvalue weighted by Gasteiger charge is 2.16. The Kier molecular flexibility index (Phi) is 4.08. The molecule has 3 aromatic rings. The molecule has 0 unspecified atom stereocenters. The molecule has 0 N–H and O–H groups in total. The largest absolute Gasteiger partial charge is 0.334 e. The fraction of sp³-hybridized carbons (Fsp3) is 0.111. The number of thiazole rings is 1. The quantitative estimate of drug-likeness (QED) is 0.663. The summed E-state index contributed by atoms with van der Waals surface area (Å²) in [6.07, 6.45) is 1.93. The molecule has 2 aromatic carbocycles. The number of aromatic nitrogens is 1. The molecule has 4 rings (SSSR count). The number of halogens is 1. The maximum Gasteiger partial charge on any atom is 0.271 e. The molecule has 0 saturated carbocycles. The maximum atomic E-state index is 12.7. The molecule has 1 aliphatic rings. The van der Waals surface area contributed by atoms with Crippen molar-refractivity contribution >= 4 is 39.0 Å². The minimum atomic E-state index is 0.0160. The average molecular weight is 400 g/mol. The second-order valence-electron chi connectivity index (χ2n) is 5.50. The third kappa shape index (κ3) is 2.95. The van der Waals surface area contributed by atoms with Crippen molar-refractivity contribution in [3.63, 3.8) is 0 Å². The Balaban J connectivity index is 1.73. The molecule has 0 radical (unpaired) electrons. The first-order valence-electron chi connectivity index (χ1n) is 7.52. The Morgan fingerprint density at radius 2 is 1.96 bits per heavy atom. The van der Waals surface area contributed by atoms with Gasteiger partial charge in [-0.25, -0.2) is 4.99 Å². The van der Waals surface area contributed by atoms with E-state index in [1.165, 1.54) is 11.3 Å². The van der Waals surface area contributed by atoms with Crippen LogP contribution in [0.5, 0.6) is 0 Å². The molecule has 0 amide bonds. The van der Waals surface area contributed by atoms with Gasteiger partial charge in [-0.15, -0.1) is 0 Å². The van der Waals surface area contributed by atoms with Gasteiger partial charge in [-0.2, -0.15) is 0 Å². The van der Waals surface area contributed by atoms with Crippen LogP contribution in [0.1, 0.15) is 5.56 Å². The van der Waals surface area contributed by atoms with Gasteiger partial charge in [-0.3, -0.25) is 9.36 Å². The van der Waals surface area contributed by atoms with Gasteiger partial charge >= 0.3 is 0 Å². The van der Waals surface area contributed by atoms with E-state index < -0.39 is 0 Å². The van der Waals surface area contributed by atoms with Crippen LogP contribution in [0.4, 0.5) is 5.69 Å². The first-order chi connectivity index (χ1) is 11.7. The van der Waals surface area contributed by atoms with E-state index in [0.717, 1.165) is 25.1 Å². The van der Waals surface area contributed by atoms with Crippen molar-refractivity contribution in [3.05, 3.63) is 84.3 Å². The van der Waals surface area contributed by atoms with Crippen molar-refractivity contribution in [1.82, 2.24) is 4.57 Å².